The number of fused-ring (bicyclic) bond motifs is 2. The fraction of sp³-hybridized carbons (Fsp3) is 0.625. The van der Waals surface area contributed by atoms with E-state index in [0.717, 1.165) is 24.5 Å². The summed E-state index contributed by atoms with van der Waals surface area (Å²) < 4.78 is 0. The maximum atomic E-state index is 3.47. The topological polar surface area (TPSA) is 15.3 Å². The van der Waals surface area contributed by atoms with Crippen LogP contribution >= 0.6 is 0 Å². The van der Waals surface area contributed by atoms with E-state index in [1.165, 1.54) is 36.9 Å². The van der Waals surface area contributed by atoms with E-state index in [-0.39, 0.29) is 0 Å². The van der Waals surface area contributed by atoms with E-state index < -0.39 is 0 Å². The smallest absolute Gasteiger partial charge is 0.0373 e. The fourth-order valence-electron chi connectivity index (χ4n) is 3.77. The molecule has 98 valence electrons. The Kier molecular flexibility index (Phi) is 3.29. The first-order valence-corrected chi connectivity index (χ1v) is 7.36. The maximum Gasteiger partial charge on any atom is 0.0373 e. The average Bonchev–Trinajstić information content (AvgIpc) is 2.69. The van der Waals surface area contributed by atoms with Crippen molar-refractivity contribution < 1.29 is 0 Å². The Morgan fingerprint density at radius 2 is 1.94 bits per heavy atom. The van der Waals surface area contributed by atoms with E-state index in [2.05, 4.69) is 48.5 Å². The van der Waals surface area contributed by atoms with E-state index in [9.17, 15) is 0 Å². The van der Waals surface area contributed by atoms with Gasteiger partial charge in [0.25, 0.3) is 0 Å². The molecule has 2 saturated heterocycles. The summed E-state index contributed by atoms with van der Waals surface area (Å²) in [5, 5.41) is 3.47. The Balaban J connectivity index is 1.84. The zero-order valence-electron chi connectivity index (χ0n) is 11.5. The van der Waals surface area contributed by atoms with Crippen LogP contribution in [0.3, 0.4) is 0 Å². The molecule has 1 aromatic carbocycles. The first kappa shape index (κ1) is 12.0. The molecule has 2 fully saturated rings. The minimum absolute atomic E-state index is 0.730. The molecule has 2 aliphatic rings. The van der Waals surface area contributed by atoms with Gasteiger partial charge in [-0.3, -0.25) is 0 Å². The SMILES string of the molecule is CCc1cccc(N2C3CCC2CC(NC)C3)c1. The van der Waals surface area contributed by atoms with Gasteiger partial charge >= 0.3 is 0 Å². The highest BCUT2D eigenvalue weighted by Crippen LogP contribution is 2.39. The number of anilines is 1. The number of aryl methyl sites for hydroxylation is 1. The third-order valence-electron chi connectivity index (χ3n) is 4.76. The molecule has 2 heterocycles. The third kappa shape index (κ3) is 2.03. The van der Waals surface area contributed by atoms with E-state index in [0.29, 0.717) is 0 Å². The van der Waals surface area contributed by atoms with Gasteiger partial charge in [-0.25, -0.2) is 0 Å². The van der Waals surface area contributed by atoms with Crippen molar-refractivity contribution in [3.8, 4) is 0 Å². The molecule has 2 atom stereocenters. The predicted molar refractivity (Wildman–Crippen MR) is 77.2 cm³/mol. The molecule has 2 heteroatoms. The number of rotatable bonds is 3. The van der Waals surface area contributed by atoms with Gasteiger partial charge in [0.15, 0.2) is 0 Å². The molecule has 0 radical (unpaired) electrons. The van der Waals surface area contributed by atoms with Crippen molar-refractivity contribution in [2.45, 2.75) is 57.2 Å². The maximum absolute atomic E-state index is 3.47. The summed E-state index contributed by atoms with van der Waals surface area (Å²) in [6.45, 7) is 2.24. The molecule has 2 unspecified atom stereocenters. The predicted octanol–water partition coefficient (Wildman–Crippen LogP) is 2.97. The largest absolute Gasteiger partial charge is 0.365 e. The van der Waals surface area contributed by atoms with E-state index in [1.807, 2.05) is 0 Å². The van der Waals surface area contributed by atoms with Crippen molar-refractivity contribution in [1.29, 1.82) is 0 Å². The van der Waals surface area contributed by atoms with Gasteiger partial charge in [-0.2, -0.15) is 0 Å². The molecule has 2 bridgehead atoms. The van der Waals surface area contributed by atoms with E-state index in [4.69, 9.17) is 0 Å². The van der Waals surface area contributed by atoms with Crippen LogP contribution in [0.25, 0.3) is 0 Å². The number of hydrogen-bond donors (Lipinski definition) is 1. The molecule has 3 rings (SSSR count). The van der Waals surface area contributed by atoms with Crippen molar-refractivity contribution in [1.82, 2.24) is 5.32 Å². The second-order valence-electron chi connectivity index (χ2n) is 5.77. The summed E-state index contributed by atoms with van der Waals surface area (Å²) in [6.07, 6.45) is 6.50. The van der Waals surface area contributed by atoms with Crippen LogP contribution in [-0.2, 0) is 6.42 Å². The monoisotopic (exact) mass is 244 g/mol. The van der Waals surface area contributed by atoms with Gasteiger partial charge < -0.3 is 10.2 Å². The Morgan fingerprint density at radius 3 is 2.56 bits per heavy atom. The molecular formula is C16H24N2. The third-order valence-corrected chi connectivity index (χ3v) is 4.76. The highest BCUT2D eigenvalue weighted by molar-refractivity contribution is 5.52. The molecule has 2 nitrogen and oxygen atoms in total. The second-order valence-corrected chi connectivity index (χ2v) is 5.77. The lowest BCUT2D eigenvalue weighted by molar-refractivity contribution is 0.374. The highest BCUT2D eigenvalue weighted by Gasteiger charge is 2.40. The number of nitrogens with one attached hydrogen (secondary N) is 1. The number of hydrogen-bond acceptors (Lipinski definition) is 2. The molecule has 0 saturated carbocycles. The van der Waals surface area contributed by atoms with Crippen LogP contribution in [0.15, 0.2) is 24.3 Å². The van der Waals surface area contributed by atoms with Crippen LogP contribution < -0.4 is 10.2 Å². The van der Waals surface area contributed by atoms with Gasteiger partial charge in [-0.1, -0.05) is 19.1 Å². The van der Waals surface area contributed by atoms with Gasteiger partial charge in [-0.15, -0.1) is 0 Å². The van der Waals surface area contributed by atoms with Crippen LogP contribution in [0.4, 0.5) is 5.69 Å². The van der Waals surface area contributed by atoms with E-state index in [1.54, 1.807) is 0 Å². The molecule has 0 aliphatic carbocycles. The molecule has 0 amide bonds. The standard InChI is InChI=1S/C16H24N2/c1-3-12-5-4-6-14(9-12)18-15-7-8-16(18)11-13(10-15)17-2/h4-6,9,13,15-17H,3,7-8,10-11H2,1-2H3. The summed E-state index contributed by atoms with van der Waals surface area (Å²) in [4.78, 5) is 2.70. The average molecular weight is 244 g/mol. The van der Waals surface area contributed by atoms with Crippen molar-refractivity contribution in [2.24, 2.45) is 0 Å². The van der Waals surface area contributed by atoms with Crippen molar-refractivity contribution in [2.75, 3.05) is 11.9 Å². The summed E-state index contributed by atoms with van der Waals surface area (Å²) in [7, 11) is 2.11. The zero-order valence-corrected chi connectivity index (χ0v) is 11.5. The van der Waals surface area contributed by atoms with Crippen molar-refractivity contribution in [3.63, 3.8) is 0 Å². The number of piperidine rings is 1. The Bertz CT molecular complexity index is 401. The van der Waals surface area contributed by atoms with Gasteiger partial charge in [0.05, 0.1) is 0 Å². The summed E-state index contributed by atoms with van der Waals surface area (Å²) in [5.74, 6) is 0. The summed E-state index contributed by atoms with van der Waals surface area (Å²) in [6, 6.07) is 11.4. The summed E-state index contributed by atoms with van der Waals surface area (Å²) >= 11 is 0. The van der Waals surface area contributed by atoms with Crippen LogP contribution in [0.1, 0.15) is 38.2 Å². The van der Waals surface area contributed by atoms with Crippen molar-refractivity contribution >= 4 is 5.69 Å². The molecule has 0 spiro atoms. The minimum Gasteiger partial charge on any atom is -0.365 e. The summed E-state index contributed by atoms with van der Waals surface area (Å²) in [5.41, 5.74) is 2.92. The van der Waals surface area contributed by atoms with Crippen LogP contribution in [-0.4, -0.2) is 25.2 Å². The molecule has 2 aliphatic heterocycles. The highest BCUT2D eigenvalue weighted by atomic mass is 15.2. The van der Waals surface area contributed by atoms with Crippen LogP contribution in [0.5, 0.6) is 0 Å². The molecule has 1 aromatic rings. The molecule has 0 aromatic heterocycles. The Hall–Kier alpha value is -1.02. The lowest BCUT2D eigenvalue weighted by Gasteiger charge is -2.40. The minimum atomic E-state index is 0.730. The van der Waals surface area contributed by atoms with Gasteiger partial charge in [-0.05, 0) is 56.8 Å². The van der Waals surface area contributed by atoms with Crippen molar-refractivity contribution in [3.05, 3.63) is 29.8 Å². The lowest BCUT2D eigenvalue weighted by atomic mass is 9.96. The Labute approximate surface area is 110 Å². The van der Waals surface area contributed by atoms with Crippen LogP contribution in [0, 0.1) is 0 Å². The molecular weight excluding hydrogens is 220 g/mol. The number of benzene rings is 1. The lowest BCUT2D eigenvalue weighted by Crippen LogP contribution is -2.48. The van der Waals surface area contributed by atoms with Gasteiger partial charge in [0, 0.05) is 23.8 Å². The first-order chi connectivity index (χ1) is 8.81. The second kappa shape index (κ2) is 4.93. The van der Waals surface area contributed by atoms with Gasteiger partial charge in [0.2, 0.25) is 0 Å². The first-order valence-electron chi connectivity index (χ1n) is 7.36. The zero-order chi connectivity index (χ0) is 12.5. The van der Waals surface area contributed by atoms with E-state index >= 15 is 0 Å². The Morgan fingerprint density at radius 1 is 1.22 bits per heavy atom. The number of nitrogens with zero attached hydrogens (tertiary/aromatic N) is 1. The normalized spacial score (nSPS) is 30.8. The fourth-order valence-corrected chi connectivity index (χ4v) is 3.77. The molecule has 1 N–H and O–H groups in total. The quantitative estimate of drug-likeness (QED) is 0.879. The van der Waals surface area contributed by atoms with Crippen LogP contribution in [0.2, 0.25) is 0 Å². The molecule has 18 heavy (non-hydrogen) atoms. The van der Waals surface area contributed by atoms with Gasteiger partial charge in [0.1, 0.15) is 0 Å².